The maximum absolute atomic E-state index is 12.0. The molecule has 132 valence electrons. The molecule has 1 N–H and O–H groups in total. The van der Waals surface area contributed by atoms with Crippen molar-refractivity contribution in [2.24, 2.45) is 5.92 Å². The number of ether oxygens (including phenoxy) is 2. The number of rotatable bonds is 7. The van der Waals surface area contributed by atoms with Crippen molar-refractivity contribution < 1.29 is 22.7 Å². The van der Waals surface area contributed by atoms with Crippen LogP contribution in [-0.4, -0.2) is 44.8 Å². The van der Waals surface area contributed by atoms with E-state index >= 15 is 0 Å². The zero-order chi connectivity index (χ0) is 17.2. The summed E-state index contributed by atoms with van der Waals surface area (Å²) in [6, 6.07) is 5.38. The summed E-state index contributed by atoms with van der Waals surface area (Å²) in [6.45, 7) is 0.967. The van der Waals surface area contributed by atoms with Crippen LogP contribution >= 0.6 is 0 Å². The van der Waals surface area contributed by atoms with E-state index in [1.807, 2.05) is 6.07 Å². The number of amides is 1. The Kier molecular flexibility index (Phi) is 4.96. The minimum Gasteiger partial charge on any atom is -0.454 e. The molecule has 2 aliphatic rings. The van der Waals surface area contributed by atoms with Crippen LogP contribution in [0.15, 0.2) is 18.2 Å². The molecule has 1 aliphatic carbocycles. The maximum atomic E-state index is 12.0. The normalized spacial score (nSPS) is 16.9. The number of hydrogen-bond acceptors (Lipinski definition) is 5. The van der Waals surface area contributed by atoms with Gasteiger partial charge in [0.15, 0.2) is 11.5 Å². The summed E-state index contributed by atoms with van der Waals surface area (Å²) in [4.78, 5) is 11.8. The molecule has 1 saturated carbocycles. The lowest BCUT2D eigenvalue weighted by Crippen LogP contribution is -2.40. The second-order valence-electron chi connectivity index (χ2n) is 6.20. The first-order chi connectivity index (χ1) is 11.4. The summed E-state index contributed by atoms with van der Waals surface area (Å²) in [7, 11) is -3.38. The minimum absolute atomic E-state index is 0.0257. The molecule has 1 aromatic rings. The molecule has 3 rings (SSSR count). The van der Waals surface area contributed by atoms with Crippen molar-refractivity contribution >= 4 is 15.9 Å². The van der Waals surface area contributed by atoms with E-state index in [4.69, 9.17) is 9.47 Å². The minimum atomic E-state index is -3.38. The molecule has 0 unspecified atom stereocenters. The molecule has 1 aliphatic heterocycles. The molecular formula is C16H22N2O5S. The van der Waals surface area contributed by atoms with Crippen molar-refractivity contribution in [2.75, 3.05) is 26.1 Å². The number of nitrogens with zero attached hydrogens (tertiary/aromatic N) is 1. The first-order valence-corrected chi connectivity index (χ1v) is 9.89. The zero-order valence-corrected chi connectivity index (χ0v) is 14.5. The molecule has 1 fully saturated rings. The fourth-order valence-corrected chi connectivity index (χ4v) is 3.53. The molecule has 0 bridgehead atoms. The molecule has 0 atom stereocenters. The summed E-state index contributed by atoms with van der Waals surface area (Å²) in [5.41, 5.74) is 0.815. The van der Waals surface area contributed by atoms with Gasteiger partial charge in [0.2, 0.25) is 22.7 Å². The van der Waals surface area contributed by atoms with Crippen molar-refractivity contribution in [1.82, 2.24) is 9.62 Å². The van der Waals surface area contributed by atoms with Gasteiger partial charge in [0, 0.05) is 25.6 Å². The van der Waals surface area contributed by atoms with Gasteiger partial charge in [0.05, 0.1) is 6.26 Å². The highest BCUT2D eigenvalue weighted by Gasteiger charge is 2.25. The van der Waals surface area contributed by atoms with Crippen molar-refractivity contribution in [3.05, 3.63) is 23.8 Å². The van der Waals surface area contributed by atoms with E-state index in [0.717, 1.165) is 24.8 Å². The number of benzene rings is 1. The molecule has 0 spiro atoms. The molecule has 1 heterocycles. The van der Waals surface area contributed by atoms with E-state index in [1.165, 1.54) is 10.6 Å². The van der Waals surface area contributed by atoms with Crippen LogP contribution in [0, 0.1) is 5.92 Å². The molecule has 0 aromatic heterocycles. The first-order valence-electron chi connectivity index (χ1n) is 8.05. The predicted molar refractivity (Wildman–Crippen MR) is 88.2 cm³/mol. The van der Waals surface area contributed by atoms with E-state index < -0.39 is 10.0 Å². The van der Waals surface area contributed by atoms with Crippen LogP contribution in [0.5, 0.6) is 11.5 Å². The first kappa shape index (κ1) is 17.0. The van der Waals surface area contributed by atoms with Crippen LogP contribution < -0.4 is 14.8 Å². The number of nitrogens with one attached hydrogen (secondary N) is 1. The Morgan fingerprint density at radius 3 is 2.71 bits per heavy atom. The second-order valence-corrected chi connectivity index (χ2v) is 8.19. The molecule has 0 saturated heterocycles. The SMILES string of the molecule is CS(=O)(=O)N(CCNC(=O)C1CCC1)Cc1ccc2c(c1)OCO2. The van der Waals surface area contributed by atoms with E-state index in [2.05, 4.69) is 5.32 Å². The van der Waals surface area contributed by atoms with Crippen molar-refractivity contribution in [3.63, 3.8) is 0 Å². The summed E-state index contributed by atoms with van der Waals surface area (Å²) in [5.74, 6) is 1.42. The third-order valence-corrected chi connectivity index (χ3v) is 5.65. The van der Waals surface area contributed by atoms with Gasteiger partial charge in [0.25, 0.3) is 0 Å². The van der Waals surface area contributed by atoms with Gasteiger partial charge in [-0.1, -0.05) is 12.5 Å². The smallest absolute Gasteiger partial charge is 0.231 e. The Balaban J connectivity index is 1.58. The van der Waals surface area contributed by atoms with E-state index in [1.54, 1.807) is 12.1 Å². The Morgan fingerprint density at radius 1 is 1.29 bits per heavy atom. The third-order valence-electron chi connectivity index (χ3n) is 4.40. The molecular weight excluding hydrogens is 332 g/mol. The average molecular weight is 354 g/mol. The van der Waals surface area contributed by atoms with Gasteiger partial charge in [0.1, 0.15) is 0 Å². The van der Waals surface area contributed by atoms with Crippen LogP contribution in [0.3, 0.4) is 0 Å². The fourth-order valence-electron chi connectivity index (χ4n) is 2.72. The predicted octanol–water partition coefficient (Wildman–Crippen LogP) is 1.09. The largest absolute Gasteiger partial charge is 0.454 e. The zero-order valence-electron chi connectivity index (χ0n) is 13.7. The maximum Gasteiger partial charge on any atom is 0.231 e. The highest BCUT2D eigenvalue weighted by Crippen LogP contribution is 2.33. The Morgan fingerprint density at radius 2 is 2.04 bits per heavy atom. The Labute approximate surface area is 142 Å². The molecule has 0 radical (unpaired) electrons. The van der Waals surface area contributed by atoms with E-state index in [0.29, 0.717) is 18.0 Å². The highest BCUT2D eigenvalue weighted by atomic mass is 32.2. The van der Waals surface area contributed by atoms with Gasteiger partial charge in [-0.3, -0.25) is 4.79 Å². The molecule has 7 nitrogen and oxygen atoms in total. The summed E-state index contributed by atoms with van der Waals surface area (Å²) in [5, 5.41) is 2.82. The number of hydrogen-bond donors (Lipinski definition) is 1. The molecule has 1 aromatic carbocycles. The monoisotopic (exact) mass is 354 g/mol. The summed E-state index contributed by atoms with van der Waals surface area (Å²) in [6.07, 6.45) is 4.13. The third kappa shape index (κ3) is 3.99. The van der Waals surface area contributed by atoms with E-state index in [9.17, 15) is 13.2 Å². The topological polar surface area (TPSA) is 84.9 Å². The van der Waals surface area contributed by atoms with E-state index in [-0.39, 0.29) is 31.7 Å². The van der Waals surface area contributed by atoms with Crippen molar-refractivity contribution in [1.29, 1.82) is 0 Å². The highest BCUT2D eigenvalue weighted by molar-refractivity contribution is 7.88. The number of carbonyl (C=O) groups is 1. The van der Waals surface area contributed by atoms with Gasteiger partial charge in [-0.2, -0.15) is 4.31 Å². The Bertz CT molecular complexity index is 715. The Hall–Kier alpha value is -1.80. The lowest BCUT2D eigenvalue weighted by molar-refractivity contribution is -0.127. The van der Waals surface area contributed by atoms with Crippen molar-refractivity contribution in [3.8, 4) is 11.5 Å². The van der Waals surface area contributed by atoms with Crippen molar-refractivity contribution in [2.45, 2.75) is 25.8 Å². The van der Waals surface area contributed by atoms with Crippen LogP contribution in [0.4, 0.5) is 0 Å². The van der Waals surface area contributed by atoms with Crippen LogP contribution in [-0.2, 0) is 21.4 Å². The molecule has 1 amide bonds. The number of carbonyl (C=O) groups excluding carboxylic acids is 1. The lowest BCUT2D eigenvalue weighted by atomic mass is 9.85. The van der Waals surface area contributed by atoms with Gasteiger partial charge in [-0.05, 0) is 30.5 Å². The standard InChI is InChI=1S/C16H22N2O5S/c1-24(20,21)18(8-7-17-16(19)13-3-2-4-13)10-12-5-6-14-15(9-12)23-11-22-14/h5-6,9,13H,2-4,7-8,10-11H2,1H3,(H,17,19). The second kappa shape index (κ2) is 6.98. The average Bonchev–Trinajstić information content (AvgIpc) is 2.90. The van der Waals surface area contributed by atoms with Crippen LogP contribution in [0.2, 0.25) is 0 Å². The van der Waals surface area contributed by atoms with Crippen LogP contribution in [0.1, 0.15) is 24.8 Å². The molecule has 8 heteroatoms. The number of fused-ring (bicyclic) bond motifs is 1. The van der Waals surface area contributed by atoms with Gasteiger partial charge in [-0.15, -0.1) is 0 Å². The van der Waals surface area contributed by atoms with Crippen LogP contribution in [0.25, 0.3) is 0 Å². The van der Waals surface area contributed by atoms with Gasteiger partial charge >= 0.3 is 0 Å². The lowest BCUT2D eigenvalue weighted by Gasteiger charge is -2.25. The summed E-state index contributed by atoms with van der Waals surface area (Å²) < 4.78 is 35.9. The summed E-state index contributed by atoms with van der Waals surface area (Å²) >= 11 is 0. The van der Waals surface area contributed by atoms with Gasteiger partial charge < -0.3 is 14.8 Å². The fraction of sp³-hybridized carbons (Fsp3) is 0.562. The number of sulfonamides is 1. The quantitative estimate of drug-likeness (QED) is 0.792. The molecule has 24 heavy (non-hydrogen) atoms. The van der Waals surface area contributed by atoms with Gasteiger partial charge in [-0.25, -0.2) is 8.42 Å².